The molecule has 0 radical (unpaired) electrons. The molecule has 1 heterocycles. The van der Waals surface area contributed by atoms with Crippen LogP contribution in [0.25, 0.3) is 0 Å². The van der Waals surface area contributed by atoms with E-state index in [2.05, 4.69) is 25.2 Å². The summed E-state index contributed by atoms with van der Waals surface area (Å²) in [5.41, 5.74) is 1.27. The first kappa shape index (κ1) is 13.2. The summed E-state index contributed by atoms with van der Waals surface area (Å²) in [5.74, 6) is 0.767. The van der Waals surface area contributed by atoms with Crippen molar-refractivity contribution in [2.24, 2.45) is 5.92 Å². The third-order valence-corrected chi connectivity index (χ3v) is 3.87. The Morgan fingerprint density at radius 3 is 2.72 bits per heavy atom. The molecule has 0 aromatic heterocycles. The quantitative estimate of drug-likeness (QED) is 0.736. The van der Waals surface area contributed by atoms with Gasteiger partial charge in [0.1, 0.15) is 0 Å². The highest BCUT2D eigenvalue weighted by Crippen LogP contribution is 2.18. The standard InChI is InChI=1S/C15H24N2O/c1-13-8-10-17(11-9-13)15(18)16(2)12-14-6-4-3-5-7-14/h4,6-7,13H,3,5,8-12H2,1-2H3. The second kappa shape index (κ2) is 6.07. The van der Waals surface area contributed by atoms with Gasteiger partial charge in [-0.2, -0.15) is 0 Å². The first-order valence-electron chi connectivity index (χ1n) is 7.02. The highest BCUT2D eigenvalue weighted by atomic mass is 16.2. The third-order valence-electron chi connectivity index (χ3n) is 3.87. The zero-order valence-electron chi connectivity index (χ0n) is 11.6. The molecule has 0 aromatic rings. The molecule has 2 rings (SSSR count). The number of amides is 2. The normalized spacial score (nSPS) is 20.8. The van der Waals surface area contributed by atoms with Crippen molar-refractivity contribution in [1.82, 2.24) is 9.80 Å². The summed E-state index contributed by atoms with van der Waals surface area (Å²) in [5, 5.41) is 0. The van der Waals surface area contributed by atoms with Crippen LogP contribution in [0.2, 0.25) is 0 Å². The molecule has 1 saturated heterocycles. The Labute approximate surface area is 110 Å². The molecule has 2 amide bonds. The van der Waals surface area contributed by atoms with E-state index in [9.17, 15) is 4.79 Å². The fourth-order valence-corrected chi connectivity index (χ4v) is 2.57. The van der Waals surface area contributed by atoms with E-state index >= 15 is 0 Å². The average molecular weight is 248 g/mol. The van der Waals surface area contributed by atoms with Crippen molar-refractivity contribution >= 4 is 6.03 Å². The number of hydrogen-bond donors (Lipinski definition) is 0. The van der Waals surface area contributed by atoms with E-state index in [0.717, 1.165) is 51.2 Å². The van der Waals surface area contributed by atoms with Crippen molar-refractivity contribution in [1.29, 1.82) is 0 Å². The van der Waals surface area contributed by atoms with Crippen molar-refractivity contribution in [3.63, 3.8) is 0 Å². The fourth-order valence-electron chi connectivity index (χ4n) is 2.57. The zero-order valence-corrected chi connectivity index (χ0v) is 11.6. The Balaban J connectivity index is 1.84. The highest BCUT2D eigenvalue weighted by molar-refractivity contribution is 5.74. The van der Waals surface area contributed by atoms with Crippen LogP contribution in [0.15, 0.2) is 23.8 Å². The van der Waals surface area contributed by atoms with E-state index in [4.69, 9.17) is 0 Å². The predicted octanol–water partition coefficient (Wildman–Crippen LogP) is 3.05. The van der Waals surface area contributed by atoms with Crippen LogP contribution in [0.5, 0.6) is 0 Å². The lowest BCUT2D eigenvalue weighted by atomic mass is 9.99. The molecule has 3 heteroatoms. The molecular formula is C15H24N2O. The molecule has 0 N–H and O–H groups in total. The van der Waals surface area contributed by atoms with Crippen LogP contribution < -0.4 is 0 Å². The molecular weight excluding hydrogens is 224 g/mol. The lowest BCUT2D eigenvalue weighted by Gasteiger charge is -2.33. The van der Waals surface area contributed by atoms with Crippen LogP contribution in [0, 0.1) is 5.92 Å². The molecule has 1 fully saturated rings. The molecule has 0 spiro atoms. The Morgan fingerprint density at radius 2 is 2.11 bits per heavy atom. The summed E-state index contributed by atoms with van der Waals surface area (Å²) >= 11 is 0. The van der Waals surface area contributed by atoms with Gasteiger partial charge in [0.2, 0.25) is 0 Å². The number of urea groups is 1. The first-order chi connectivity index (χ1) is 8.66. The minimum absolute atomic E-state index is 0.182. The Hall–Kier alpha value is -1.25. The van der Waals surface area contributed by atoms with Gasteiger partial charge in [0.25, 0.3) is 0 Å². The number of carbonyl (C=O) groups excluding carboxylic acids is 1. The van der Waals surface area contributed by atoms with Crippen molar-refractivity contribution in [2.75, 3.05) is 26.7 Å². The van der Waals surface area contributed by atoms with Crippen LogP contribution in [-0.2, 0) is 0 Å². The molecule has 0 aromatic carbocycles. The van der Waals surface area contributed by atoms with Crippen molar-refractivity contribution < 1.29 is 4.79 Å². The summed E-state index contributed by atoms with van der Waals surface area (Å²) in [7, 11) is 1.91. The SMILES string of the molecule is CC1CCN(C(=O)N(C)CC2=CCCC=C2)CC1. The van der Waals surface area contributed by atoms with Gasteiger partial charge in [-0.1, -0.05) is 25.2 Å². The van der Waals surface area contributed by atoms with E-state index < -0.39 is 0 Å². The number of nitrogens with zero attached hydrogens (tertiary/aromatic N) is 2. The number of carbonyl (C=O) groups is 1. The minimum atomic E-state index is 0.182. The number of piperidine rings is 1. The van der Waals surface area contributed by atoms with Gasteiger partial charge in [0.15, 0.2) is 0 Å². The van der Waals surface area contributed by atoms with E-state index in [0.29, 0.717) is 0 Å². The summed E-state index contributed by atoms with van der Waals surface area (Å²) in [4.78, 5) is 16.1. The zero-order chi connectivity index (χ0) is 13.0. The van der Waals surface area contributed by atoms with Gasteiger partial charge in [-0.3, -0.25) is 0 Å². The molecule has 1 aliphatic heterocycles. The van der Waals surface area contributed by atoms with Gasteiger partial charge in [-0.25, -0.2) is 4.79 Å². The predicted molar refractivity (Wildman–Crippen MR) is 74.5 cm³/mol. The van der Waals surface area contributed by atoms with E-state index in [1.807, 2.05) is 16.8 Å². The lowest BCUT2D eigenvalue weighted by molar-refractivity contribution is 0.146. The maximum atomic E-state index is 12.3. The second-order valence-electron chi connectivity index (χ2n) is 5.57. The Bertz CT molecular complexity index is 352. The van der Waals surface area contributed by atoms with Gasteiger partial charge >= 0.3 is 6.03 Å². The van der Waals surface area contributed by atoms with Crippen LogP contribution in [0.3, 0.4) is 0 Å². The molecule has 100 valence electrons. The molecule has 0 atom stereocenters. The summed E-state index contributed by atoms with van der Waals surface area (Å²) in [6.07, 6.45) is 11.1. The van der Waals surface area contributed by atoms with Crippen LogP contribution in [-0.4, -0.2) is 42.5 Å². The number of rotatable bonds is 2. The van der Waals surface area contributed by atoms with E-state index in [-0.39, 0.29) is 6.03 Å². The van der Waals surface area contributed by atoms with Gasteiger partial charge in [-0.05, 0) is 37.2 Å². The molecule has 3 nitrogen and oxygen atoms in total. The molecule has 18 heavy (non-hydrogen) atoms. The molecule has 0 saturated carbocycles. The second-order valence-corrected chi connectivity index (χ2v) is 5.57. The number of likely N-dealkylation sites (N-methyl/N-ethyl adjacent to an activating group) is 1. The average Bonchev–Trinajstić information content (AvgIpc) is 2.40. The van der Waals surface area contributed by atoms with Crippen LogP contribution >= 0.6 is 0 Å². The molecule has 0 bridgehead atoms. The number of allylic oxidation sites excluding steroid dienone is 2. The van der Waals surface area contributed by atoms with Crippen molar-refractivity contribution in [3.8, 4) is 0 Å². The molecule has 1 aliphatic carbocycles. The lowest BCUT2D eigenvalue weighted by Crippen LogP contribution is -2.45. The maximum Gasteiger partial charge on any atom is 0.320 e. The van der Waals surface area contributed by atoms with Gasteiger partial charge in [-0.15, -0.1) is 0 Å². The fraction of sp³-hybridized carbons (Fsp3) is 0.667. The molecule has 0 unspecified atom stereocenters. The minimum Gasteiger partial charge on any atom is -0.325 e. The smallest absolute Gasteiger partial charge is 0.320 e. The maximum absolute atomic E-state index is 12.3. The topological polar surface area (TPSA) is 23.6 Å². The van der Waals surface area contributed by atoms with Gasteiger partial charge in [0.05, 0.1) is 0 Å². The number of likely N-dealkylation sites (tertiary alicyclic amines) is 1. The van der Waals surface area contributed by atoms with E-state index in [1.165, 1.54) is 5.57 Å². The van der Waals surface area contributed by atoms with Crippen LogP contribution in [0.4, 0.5) is 4.79 Å². The van der Waals surface area contributed by atoms with Gasteiger partial charge in [0, 0.05) is 26.7 Å². The van der Waals surface area contributed by atoms with E-state index in [1.54, 1.807) is 0 Å². The Kier molecular flexibility index (Phi) is 4.45. The number of hydrogen-bond acceptors (Lipinski definition) is 1. The van der Waals surface area contributed by atoms with Crippen molar-refractivity contribution in [3.05, 3.63) is 23.8 Å². The molecule has 2 aliphatic rings. The Morgan fingerprint density at radius 1 is 1.39 bits per heavy atom. The van der Waals surface area contributed by atoms with Crippen molar-refractivity contribution in [2.45, 2.75) is 32.6 Å². The van der Waals surface area contributed by atoms with Crippen LogP contribution in [0.1, 0.15) is 32.6 Å². The van der Waals surface area contributed by atoms with Gasteiger partial charge < -0.3 is 9.80 Å². The summed E-state index contributed by atoms with van der Waals surface area (Å²) in [6.45, 7) is 4.84. The summed E-state index contributed by atoms with van der Waals surface area (Å²) in [6, 6.07) is 0.182. The highest BCUT2D eigenvalue weighted by Gasteiger charge is 2.22. The first-order valence-corrected chi connectivity index (χ1v) is 7.02. The summed E-state index contributed by atoms with van der Waals surface area (Å²) < 4.78 is 0. The monoisotopic (exact) mass is 248 g/mol. The third kappa shape index (κ3) is 3.37. The largest absolute Gasteiger partial charge is 0.325 e.